The Morgan fingerprint density at radius 1 is 1.04 bits per heavy atom. The molecule has 0 aromatic heterocycles. The lowest BCUT2D eigenvalue weighted by atomic mass is 9.44. The van der Waals surface area contributed by atoms with E-state index in [1.165, 1.54) is 0 Å². The van der Waals surface area contributed by atoms with Crippen molar-refractivity contribution >= 4 is 5.78 Å². The molecule has 9 atom stereocenters. The fraction of sp³-hybridized carbons (Fsp3) is 0.952. The Bertz CT molecular complexity index is 548. The monoisotopic (exact) mass is 350 g/mol. The highest BCUT2D eigenvalue weighted by Crippen LogP contribution is 2.67. The van der Waals surface area contributed by atoms with Crippen molar-refractivity contribution < 1.29 is 20.1 Å². The topological polar surface area (TPSA) is 77.8 Å². The van der Waals surface area contributed by atoms with Gasteiger partial charge in [-0.3, -0.25) is 4.79 Å². The van der Waals surface area contributed by atoms with Crippen LogP contribution in [-0.2, 0) is 4.79 Å². The number of hydrogen-bond acceptors (Lipinski definition) is 4. The number of carbonyl (C=O) groups is 1. The van der Waals surface area contributed by atoms with Gasteiger partial charge in [-0.05, 0) is 85.9 Å². The third-order valence-corrected chi connectivity index (χ3v) is 9.11. The van der Waals surface area contributed by atoms with Crippen LogP contribution in [-0.4, -0.2) is 39.9 Å². The lowest BCUT2D eigenvalue weighted by Crippen LogP contribution is -2.59. The Balaban J connectivity index is 1.65. The molecule has 25 heavy (non-hydrogen) atoms. The fourth-order valence-electron chi connectivity index (χ4n) is 8.00. The first-order valence-corrected chi connectivity index (χ1v) is 10.3. The van der Waals surface area contributed by atoms with Crippen molar-refractivity contribution in [3.8, 4) is 0 Å². The highest BCUT2D eigenvalue weighted by molar-refractivity contribution is 5.83. The van der Waals surface area contributed by atoms with E-state index in [2.05, 4.69) is 13.8 Å². The number of carbonyl (C=O) groups excluding carboxylic acids is 1. The molecule has 0 radical (unpaired) electrons. The zero-order valence-corrected chi connectivity index (χ0v) is 15.7. The molecular formula is C21H34O4. The molecule has 0 unspecified atom stereocenters. The quantitative estimate of drug-likeness (QED) is 0.715. The van der Waals surface area contributed by atoms with Gasteiger partial charge in [0.15, 0.2) is 5.78 Å². The van der Waals surface area contributed by atoms with Crippen LogP contribution in [0.2, 0.25) is 0 Å². The van der Waals surface area contributed by atoms with Crippen molar-refractivity contribution in [2.75, 3.05) is 6.61 Å². The summed E-state index contributed by atoms with van der Waals surface area (Å²) < 4.78 is 0. The van der Waals surface area contributed by atoms with Crippen LogP contribution in [0.25, 0.3) is 0 Å². The van der Waals surface area contributed by atoms with Crippen molar-refractivity contribution in [1.29, 1.82) is 0 Å². The molecule has 4 rings (SSSR count). The summed E-state index contributed by atoms with van der Waals surface area (Å²) in [5.74, 6) is 1.69. The van der Waals surface area contributed by atoms with Gasteiger partial charge in [-0.1, -0.05) is 13.8 Å². The third-order valence-electron chi connectivity index (χ3n) is 9.11. The SMILES string of the molecule is C[C@]12CC[C@@H](O)C[C@H]1CC[C@@H]1[C@H]2[C@@H](O)C[C@]2(C)[C@@H](C(=O)CO)CC[C@@H]12. The largest absolute Gasteiger partial charge is 0.393 e. The van der Waals surface area contributed by atoms with Crippen LogP contribution in [0.5, 0.6) is 0 Å². The Kier molecular flexibility index (Phi) is 4.33. The molecule has 0 heterocycles. The first-order chi connectivity index (χ1) is 11.8. The van der Waals surface area contributed by atoms with Crippen LogP contribution in [0.1, 0.15) is 65.2 Å². The molecule has 0 bridgehead atoms. The van der Waals surface area contributed by atoms with E-state index in [1.807, 2.05) is 0 Å². The Labute approximate surface area is 151 Å². The molecule has 4 nitrogen and oxygen atoms in total. The molecule has 142 valence electrons. The lowest BCUT2D eigenvalue weighted by molar-refractivity contribution is -0.179. The maximum atomic E-state index is 12.3. The van der Waals surface area contributed by atoms with E-state index in [1.54, 1.807) is 0 Å². The van der Waals surface area contributed by atoms with Crippen LogP contribution in [0.4, 0.5) is 0 Å². The molecule has 0 aromatic carbocycles. The molecule has 0 saturated heterocycles. The molecule has 0 amide bonds. The minimum atomic E-state index is -0.366. The normalized spacial score (nSPS) is 55.2. The maximum Gasteiger partial charge on any atom is 0.161 e. The highest BCUT2D eigenvalue weighted by atomic mass is 16.3. The zero-order chi connectivity index (χ0) is 18.0. The minimum Gasteiger partial charge on any atom is -0.393 e. The van der Waals surface area contributed by atoms with E-state index in [4.69, 9.17) is 0 Å². The minimum absolute atomic E-state index is 0.0312. The maximum absolute atomic E-state index is 12.3. The van der Waals surface area contributed by atoms with E-state index in [0.717, 1.165) is 44.9 Å². The van der Waals surface area contributed by atoms with E-state index in [9.17, 15) is 20.1 Å². The molecule has 4 saturated carbocycles. The second-order valence-corrected chi connectivity index (χ2v) is 10.0. The van der Waals surface area contributed by atoms with Crippen LogP contribution in [0.15, 0.2) is 0 Å². The molecule has 3 N–H and O–H groups in total. The number of rotatable bonds is 2. The van der Waals surface area contributed by atoms with Crippen molar-refractivity contribution in [3.05, 3.63) is 0 Å². The smallest absolute Gasteiger partial charge is 0.161 e. The van der Waals surface area contributed by atoms with Gasteiger partial charge in [-0.2, -0.15) is 0 Å². The van der Waals surface area contributed by atoms with Crippen LogP contribution in [0, 0.1) is 40.4 Å². The second-order valence-electron chi connectivity index (χ2n) is 10.0. The summed E-state index contributed by atoms with van der Waals surface area (Å²) in [6, 6.07) is 0. The van der Waals surface area contributed by atoms with Gasteiger partial charge in [0.25, 0.3) is 0 Å². The Hall–Kier alpha value is -0.450. The van der Waals surface area contributed by atoms with Gasteiger partial charge in [-0.15, -0.1) is 0 Å². The summed E-state index contributed by atoms with van der Waals surface area (Å²) in [5.41, 5.74) is -0.0280. The van der Waals surface area contributed by atoms with E-state index >= 15 is 0 Å². The van der Waals surface area contributed by atoms with Gasteiger partial charge in [0.05, 0.1) is 12.2 Å². The number of ketones is 1. The van der Waals surface area contributed by atoms with Crippen LogP contribution >= 0.6 is 0 Å². The average Bonchev–Trinajstić information content (AvgIpc) is 2.91. The van der Waals surface area contributed by atoms with Gasteiger partial charge >= 0.3 is 0 Å². The summed E-state index contributed by atoms with van der Waals surface area (Å²) in [6.45, 7) is 4.19. The van der Waals surface area contributed by atoms with Crippen molar-refractivity contribution in [3.63, 3.8) is 0 Å². The van der Waals surface area contributed by atoms with Crippen molar-refractivity contribution in [1.82, 2.24) is 0 Å². The fourth-order valence-corrected chi connectivity index (χ4v) is 8.00. The second kappa shape index (κ2) is 6.03. The zero-order valence-electron chi connectivity index (χ0n) is 15.7. The van der Waals surface area contributed by atoms with Gasteiger partial charge in [-0.25, -0.2) is 0 Å². The van der Waals surface area contributed by atoms with E-state index < -0.39 is 0 Å². The highest BCUT2D eigenvalue weighted by Gasteiger charge is 2.63. The van der Waals surface area contributed by atoms with E-state index in [-0.39, 0.29) is 41.3 Å². The Morgan fingerprint density at radius 3 is 2.52 bits per heavy atom. The van der Waals surface area contributed by atoms with Gasteiger partial charge in [0.1, 0.15) is 6.61 Å². The molecule has 4 aliphatic carbocycles. The van der Waals surface area contributed by atoms with Crippen molar-refractivity contribution in [2.45, 2.75) is 77.4 Å². The number of fused-ring (bicyclic) bond motifs is 5. The van der Waals surface area contributed by atoms with Gasteiger partial charge < -0.3 is 15.3 Å². The van der Waals surface area contributed by atoms with Crippen LogP contribution in [0.3, 0.4) is 0 Å². The van der Waals surface area contributed by atoms with E-state index in [0.29, 0.717) is 30.1 Å². The summed E-state index contributed by atoms with van der Waals surface area (Å²) in [5, 5.41) is 30.7. The summed E-state index contributed by atoms with van der Waals surface area (Å²) in [4.78, 5) is 12.3. The summed E-state index contributed by atoms with van der Waals surface area (Å²) >= 11 is 0. The predicted octanol–water partition coefficient (Wildman–Crippen LogP) is 2.54. The summed E-state index contributed by atoms with van der Waals surface area (Å²) in [7, 11) is 0. The molecule has 0 aromatic rings. The van der Waals surface area contributed by atoms with Crippen molar-refractivity contribution in [2.24, 2.45) is 40.4 Å². The number of Topliss-reactive ketones (excluding diaryl/α,β-unsaturated/α-hetero) is 1. The Morgan fingerprint density at radius 2 is 1.80 bits per heavy atom. The van der Waals surface area contributed by atoms with Crippen LogP contribution < -0.4 is 0 Å². The predicted molar refractivity (Wildman–Crippen MR) is 94.7 cm³/mol. The first kappa shape index (κ1) is 17.9. The third kappa shape index (κ3) is 2.47. The molecule has 0 spiro atoms. The molecule has 4 aliphatic rings. The molecule has 0 aliphatic heterocycles. The lowest BCUT2D eigenvalue weighted by Gasteiger charge is -2.62. The number of hydrogen-bond donors (Lipinski definition) is 3. The number of aliphatic hydroxyl groups is 3. The first-order valence-electron chi connectivity index (χ1n) is 10.3. The molecule has 4 heteroatoms. The van der Waals surface area contributed by atoms with Gasteiger partial charge in [0.2, 0.25) is 0 Å². The van der Waals surface area contributed by atoms with Gasteiger partial charge in [0, 0.05) is 5.92 Å². The molecule has 4 fully saturated rings. The molecular weight excluding hydrogens is 316 g/mol. The standard InChI is InChI=1S/C21H34O4/c1-20-8-7-13(23)9-12(20)3-4-14-15-5-6-16(18(25)11-22)21(15,2)10-17(24)19(14)20/h12-17,19,22-24H,3-11H2,1-2H3/t12-,13-,14+,15+,16-,17+,19+,20+,21+/m1/s1. The summed E-state index contributed by atoms with van der Waals surface area (Å²) in [6.07, 6.45) is 7.12. The number of aliphatic hydroxyl groups excluding tert-OH is 3. The average molecular weight is 350 g/mol.